The average Bonchev–Trinajstić information content (AvgIpc) is 3.01. The first-order chi connectivity index (χ1) is 12.5. The van der Waals surface area contributed by atoms with Crippen LogP contribution in [0.15, 0.2) is 59.7 Å². The van der Waals surface area contributed by atoms with Crippen LogP contribution in [0.4, 0.5) is 0 Å². The predicted molar refractivity (Wildman–Crippen MR) is 96.6 cm³/mol. The number of esters is 1. The molecular weight excluding hydrogens is 356 g/mol. The van der Waals surface area contributed by atoms with Gasteiger partial charge in [0.25, 0.3) is 5.91 Å². The van der Waals surface area contributed by atoms with Crippen LogP contribution in [-0.4, -0.2) is 34.3 Å². The molecule has 1 amide bonds. The van der Waals surface area contributed by atoms with Crippen LogP contribution in [0, 0.1) is 0 Å². The van der Waals surface area contributed by atoms with Gasteiger partial charge in [-0.2, -0.15) is 10.1 Å². The van der Waals surface area contributed by atoms with Crippen molar-refractivity contribution in [1.29, 1.82) is 0 Å². The zero-order valence-electron chi connectivity index (χ0n) is 14.1. The second-order valence-corrected chi connectivity index (χ2v) is 6.19. The number of carbonyl (C=O) groups is 2. The van der Waals surface area contributed by atoms with Crippen LogP contribution < -0.4 is 0 Å². The molecule has 1 atom stereocenters. The van der Waals surface area contributed by atoms with E-state index in [0.717, 1.165) is 5.01 Å². The maximum absolute atomic E-state index is 13.0. The van der Waals surface area contributed by atoms with Crippen LogP contribution >= 0.6 is 11.6 Å². The highest BCUT2D eigenvalue weighted by Gasteiger charge is 2.48. The molecule has 2 aromatic rings. The van der Waals surface area contributed by atoms with Gasteiger partial charge >= 0.3 is 5.97 Å². The fourth-order valence-electron chi connectivity index (χ4n) is 2.76. The normalized spacial score (nSPS) is 19.2. The van der Waals surface area contributed by atoms with Crippen molar-refractivity contribution in [2.24, 2.45) is 5.10 Å². The summed E-state index contributed by atoms with van der Waals surface area (Å²) in [6.45, 7) is 1.84. The molecule has 26 heavy (non-hydrogen) atoms. The number of carbonyl (C=O) groups excluding carboxylic acids is 2. The van der Waals surface area contributed by atoms with E-state index in [0.29, 0.717) is 10.6 Å². The molecule has 0 saturated heterocycles. The lowest BCUT2D eigenvalue weighted by atomic mass is 9.97. The van der Waals surface area contributed by atoms with Gasteiger partial charge in [0, 0.05) is 16.1 Å². The molecule has 0 bridgehead atoms. The van der Waals surface area contributed by atoms with Crippen LogP contribution in [-0.2, 0) is 15.3 Å². The fraction of sp³-hybridized carbons (Fsp3) is 0.211. The monoisotopic (exact) mass is 372 g/mol. The topological polar surface area (TPSA) is 79.2 Å². The second kappa shape index (κ2) is 7.27. The maximum Gasteiger partial charge on any atom is 0.354 e. The summed E-state index contributed by atoms with van der Waals surface area (Å²) >= 11 is 5.96. The largest absolute Gasteiger partial charge is 0.461 e. The highest BCUT2D eigenvalue weighted by molar-refractivity contribution is 6.37. The molecule has 0 radical (unpaired) electrons. The summed E-state index contributed by atoms with van der Waals surface area (Å²) in [4.78, 5) is 25.1. The molecular formula is C19H17ClN2O4. The van der Waals surface area contributed by atoms with Gasteiger partial charge in [-0.05, 0) is 25.1 Å². The van der Waals surface area contributed by atoms with Crippen LogP contribution in [0.1, 0.15) is 29.3 Å². The third kappa shape index (κ3) is 3.34. The molecule has 1 aliphatic heterocycles. The van der Waals surface area contributed by atoms with Crippen molar-refractivity contribution in [3.05, 3.63) is 70.7 Å². The number of rotatable bonds is 4. The van der Waals surface area contributed by atoms with Crippen molar-refractivity contribution in [2.75, 3.05) is 6.61 Å². The van der Waals surface area contributed by atoms with Gasteiger partial charge in [-0.25, -0.2) is 4.79 Å². The van der Waals surface area contributed by atoms with Crippen molar-refractivity contribution in [2.45, 2.75) is 19.1 Å². The molecule has 0 saturated carbocycles. The summed E-state index contributed by atoms with van der Waals surface area (Å²) in [5.41, 5.74) is -1.12. The molecule has 0 aromatic heterocycles. The summed E-state index contributed by atoms with van der Waals surface area (Å²) in [5.74, 6) is -1.23. The predicted octanol–water partition coefficient (Wildman–Crippen LogP) is 2.95. The highest BCUT2D eigenvalue weighted by Crippen LogP contribution is 2.36. The molecule has 1 N–H and O–H groups in total. The van der Waals surface area contributed by atoms with E-state index in [2.05, 4.69) is 5.10 Å². The fourth-order valence-corrected chi connectivity index (χ4v) is 2.95. The Balaban J connectivity index is 2.04. The van der Waals surface area contributed by atoms with Gasteiger partial charge in [-0.15, -0.1) is 0 Å². The number of ether oxygens (including phenoxy) is 1. The summed E-state index contributed by atoms with van der Waals surface area (Å²) in [7, 11) is 0. The number of hydrazone groups is 1. The molecule has 0 spiro atoms. The van der Waals surface area contributed by atoms with Gasteiger partial charge in [-0.3, -0.25) is 4.79 Å². The number of benzene rings is 2. The Morgan fingerprint density at radius 1 is 1.23 bits per heavy atom. The van der Waals surface area contributed by atoms with E-state index in [1.165, 1.54) is 6.07 Å². The first-order valence-corrected chi connectivity index (χ1v) is 8.46. The second-order valence-electron chi connectivity index (χ2n) is 5.75. The van der Waals surface area contributed by atoms with E-state index in [4.69, 9.17) is 16.3 Å². The van der Waals surface area contributed by atoms with Crippen LogP contribution in [0.25, 0.3) is 0 Å². The Morgan fingerprint density at radius 3 is 2.62 bits per heavy atom. The Hall–Kier alpha value is -2.70. The number of amides is 1. The summed E-state index contributed by atoms with van der Waals surface area (Å²) < 4.78 is 4.97. The van der Waals surface area contributed by atoms with Crippen molar-refractivity contribution in [1.82, 2.24) is 5.01 Å². The summed E-state index contributed by atoms with van der Waals surface area (Å²) in [6, 6.07) is 14.9. The SMILES string of the molecule is CCOC(=O)C1=NN(C(=O)c2cccc(Cl)c2)[C@@](O)(c2ccccc2)C1. The Morgan fingerprint density at radius 2 is 1.96 bits per heavy atom. The molecule has 2 aromatic carbocycles. The smallest absolute Gasteiger partial charge is 0.354 e. The van der Waals surface area contributed by atoms with Crippen LogP contribution in [0.5, 0.6) is 0 Å². The molecule has 0 unspecified atom stereocenters. The molecule has 0 aliphatic carbocycles. The zero-order valence-corrected chi connectivity index (χ0v) is 14.8. The number of halogens is 1. The lowest BCUT2D eigenvalue weighted by Crippen LogP contribution is -2.43. The minimum absolute atomic E-state index is 0.0198. The van der Waals surface area contributed by atoms with Gasteiger partial charge in [0.1, 0.15) is 0 Å². The Kier molecular flexibility index (Phi) is 5.06. The highest BCUT2D eigenvalue weighted by atomic mass is 35.5. The average molecular weight is 373 g/mol. The molecule has 0 fully saturated rings. The quantitative estimate of drug-likeness (QED) is 0.837. The molecule has 3 rings (SSSR count). The third-order valence-electron chi connectivity index (χ3n) is 4.00. The van der Waals surface area contributed by atoms with Crippen molar-refractivity contribution in [3.8, 4) is 0 Å². The minimum Gasteiger partial charge on any atom is -0.461 e. The van der Waals surface area contributed by atoms with Crippen LogP contribution in [0.3, 0.4) is 0 Å². The molecule has 134 valence electrons. The summed E-state index contributed by atoms with van der Waals surface area (Å²) in [5, 5.41) is 16.6. The van der Waals surface area contributed by atoms with E-state index in [1.54, 1.807) is 55.5 Å². The number of hydrogen-bond donors (Lipinski definition) is 1. The maximum atomic E-state index is 13.0. The number of aliphatic hydroxyl groups is 1. The Labute approximate surface area is 155 Å². The van der Waals surface area contributed by atoms with Gasteiger partial charge in [0.05, 0.1) is 13.0 Å². The van der Waals surface area contributed by atoms with Gasteiger partial charge in [0.2, 0.25) is 0 Å². The van der Waals surface area contributed by atoms with E-state index >= 15 is 0 Å². The molecule has 7 heteroatoms. The van der Waals surface area contributed by atoms with Gasteiger partial charge < -0.3 is 9.84 Å². The van der Waals surface area contributed by atoms with Crippen LogP contribution in [0.2, 0.25) is 5.02 Å². The van der Waals surface area contributed by atoms with E-state index < -0.39 is 17.6 Å². The third-order valence-corrected chi connectivity index (χ3v) is 4.23. The van der Waals surface area contributed by atoms with E-state index in [9.17, 15) is 14.7 Å². The minimum atomic E-state index is -1.79. The lowest BCUT2D eigenvalue weighted by molar-refractivity contribution is -0.135. The first kappa shape index (κ1) is 18.1. The number of hydrogen-bond acceptors (Lipinski definition) is 5. The van der Waals surface area contributed by atoms with E-state index in [1.807, 2.05) is 0 Å². The first-order valence-electron chi connectivity index (χ1n) is 8.08. The Bertz CT molecular complexity index is 869. The van der Waals surface area contributed by atoms with Gasteiger partial charge in [-0.1, -0.05) is 48.0 Å². The van der Waals surface area contributed by atoms with Gasteiger partial charge in [0.15, 0.2) is 11.4 Å². The van der Waals surface area contributed by atoms with E-state index in [-0.39, 0.29) is 24.3 Å². The van der Waals surface area contributed by atoms with Crippen molar-refractivity contribution >= 4 is 29.2 Å². The number of nitrogens with zero attached hydrogens (tertiary/aromatic N) is 2. The lowest BCUT2D eigenvalue weighted by Gasteiger charge is -2.31. The molecule has 1 aliphatic rings. The molecule has 1 heterocycles. The molecule has 6 nitrogen and oxygen atoms in total. The van der Waals surface area contributed by atoms with Crippen molar-refractivity contribution in [3.63, 3.8) is 0 Å². The zero-order chi connectivity index (χ0) is 18.7. The standard InChI is InChI=1S/C19H17ClN2O4/c1-2-26-18(24)16-12-19(25,14-8-4-3-5-9-14)22(21-16)17(23)13-7-6-10-15(20)11-13/h3-11,25H,2,12H2,1H3/t19-/m0/s1. The summed E-state index contributed by atoms with van der Waals surface area (Å²) in [6.07, 6.45) is -0.165. The van der Waals surface area contributed by atoms with Crippen molar-refractivity contribution < 1.29 is 19.4 Å².